The Morgan fingerprint density at radius 2 is 1.96 bits per heavy atom. The van der Waals surface area contributed by atoms with Gasteiger partial charge in [0, 0.05) is 6.54 Å². The van der Waals surface area contributed by atoms with Crippen molar-refractivity contribution in [1.82, 2.24) is 4.90 Å². The van der Waals surface area contributed by atoms with Gasteiger partial charge in [0.05, 0.1) is 13.2 Å². The first-order valence-electron chi connectivity index (χ1n) is 9.14. The molecule has 130 valence electrons. The third-order valence-corrected chi connectivity index (χ3v) is 5.10. The van der Waals surface area contributed by atoms with Crippen LogP contribution in [0.4, 0.5) is 0 Å². The van der Waals surface area contributed by atoms with E-state index in [9.17, 15) is 5.26 Å². The molecule has 2 aromatic rings. The molecule has 1 atom stereocenters. The summed E-state index contributed by atoms with van der Waals surface area (Å²) in [7, 11) is 1.69. The first-order valence-corrected chi connectivity index (χ1v) is 9.14. The van der Waals surface area contributed by atoms with Gasteiger partial charge in [-0.3, -0.25) is 4.90 Å². The van der Waals surface area contributed by atoms with E-state index in [0.29, 0.717) is 0 Å². The van der Waals surface area contributed by atoms with Gasteiger partial charge in [-0.25, -0.2) is 0 Å². The van der Waals surface area contributed by atoms with Gasteiger partial charge in [0.2, 0.25) is 0 Å². The quantitative estimate of drug-likeness (QED) is 0.825. The van der Waals surface area contributed by atoms with E-state index >= 15 is 0 Å². The number of ether oxygens (including phenoxy) is 1. The number of hydrogen-bond acceptors (Lipinski definition) is 3. The largest absolute Gasteiger partial charge is 0.497 e. The molecule has 3 rings (SSSR count). The van der Waals surface area contributed by atoms with Crippen LogP contribution in [0.15, 0.2) is 42.5 Å². The van der Waals surface area contributed by atoms with Crippen LogP contribution in [0.2, 0.25) is 0 Å². The van der Waals surface area contributed by atoms with E-state index in [1.807, 2.05) is 6.07 Å². The lowest BCUT2D eigenvalue weighted by Crippen LogP contribution is -2.31. The maximum absolute atomic E-state index is 9.94. The fraction of sp³-hybridized carbons (Fsp3) is 0.409. The van der Waals surface area contributed by atoms with E-state index in [4.69, 9.17) is 4.74 Å². The van der Waals surface area contributed by atoms with E-state index < -0.39 is 0 Å². The van der Waals surface area contributed by atoms with Gasteiger partial charge in [-0.05, 0) is 60.2 Å². The average molecular weight is 334 g/mol. The Kier molecular flexibility index (Phi) is 5.73. The van der Waals surface area contributed by atoms with E-state index in [-0.39, 0.29) is 6.04 Å². The fourth-order valence-electron chi connectivity index (χ4n) is 3.65. The van der Waals surface area contributed by atoms with Gasteiger partial charge in [-0.2, -0.15) is 5.26 Å². The molecule has 0 N–H and O–H groups in total. The zero-order chi connectivity index (χ0) is 17.6. The van der Waals surface area contributed by atoms with E-state index in [1.165, 1.54) is 16.7 Å². The minimum absolute atomic E-state index is 0.193. The fourth-order valence-corrected chi connectivity index (χ4v) is 3.65. The molecule has 0 aliphatic carbocycles. The van der Waals surface area contributed by atoms with Gasteiger partial charge in [0.1, 0.15) is 11.8 Å². The lowest BCUT2D eigenvalue weighted by Gasteiger charge is -2.28. The summed E-state index contributed by atoms with van der Waals surface area (Å²) < 4.78 is 5.44. The normalized spacial score (nSPS) is 17.4. The van der Waals surface area contributed by atoms with Crippen molar-refractivity contribution in [2.24, 2.45) is 0 Å². The van der Waals surface area contributed by atoms with Crippen molar-refractivity contribution in [3.05, 3.63) is 64.7 Å². The summed E-state index contributed by atoms with van der Waals surface area (Å²) in [6.07, 6.45) is 4.09. The van der Waals surface area contributed by atoms with E-state index in [0.717, 1.165) is 50.1 Å². The molecule has 1 aliphatic rings. The summed E-state index contributed by atoms with van der Waals surface area (Å²) in [4.78, 5) is 2.34. The standard InChI is InChI=1S/C22H26N2O/c1-3-4-12-24-13-11-17-7-5-6-8-18(17)14-19-15-20(25-2)9-10-21(19)22(24)16-23/h5-10,15,22H,3-4,11-14H2,1-2H3. The first-order chi connectivity index (χ1) is 12.3. The molecule has 0 fully saturated rings. The third-order valence-electron chi connectivity index (χ3n) is 5.10. The van der Waals surface area contributed by atoms with Crippen molar-refractivity contribution in [1.29, 1.82) is 5.26 Å². The minimum Gasteiger partial charge on any atom is -0.497 e. The van der Waals surface area contributed by atoms with Crippen LogP contribution in [0.25, 0.3) is 0 Å². The van der Waals surface area contributed by atoms with Gasteiger partial charge >= 0.3 is 0 Å². The van der Waals surface area contributed by atoms with Crippen LogP contribution in [0.1, 0.15) is 48.1 Å². The molecular weight excluding hydrogens is 308 g/mol. The second-order valence-electron chi connectivity index (χ2n) is 6.68. The maximum atomic E-state index is 9.94. The Morgan fingerprint density at radius 1 is 1.16 bits per heavy atom. The number of hydrogen-bond donors (Lipinski definition) is 0. The number of nitrogens with zero attached hydrogens (tertiary/aromatic N) is 2. The molecule has 0 aromatic heterocycles. The second-order valence-corrected chi connectivity index (χ2v) is 6.68. The molecule has 0 saturated heterocycles. The highest BCUT2D eigenvalue weighted by Gasteiger charge is 2.25. The number of nitriles is 1. The van der Waals surface area contributed by atoms with Crippen LogP contribution in [0.3, 0.4) is 0 Å². The second kappa shape index (κ2) is 8.18. The maximum Gasteiger partial charge on any atom is 0.124 e. The monoisotopic (exact) mass is 334 g/mol. The molecule has 1 unspecified atom stereocenters. The third kappa shape index (κ3) is 3.86. The van der Waals surface area contributed by atoms with Crippen molar-refractivity contribution in [3.63, 3.8) is 0 Å². The zero-order valence-corrected chi connectivity index (χ0v) is 15.2. The zero-order valence-electron chi connectivity index (χ0n) is 15.2. The van der Waals surface area contributed by atoms with Crippen molar-refractivity contribution in [2.75, 3.05) is 20.2 Å². The van der Waals surface area contributed by atoms with Gasteiger partial charge < -0.3 is 4.74 Å². The Morgan fingerprint density at radius 3 is 2.68 bits per heavy atom. The number of unbranched alkanes of at least 4 members (excludes halogenated alkanes) is 1. The van der Waals surface area contributed by atoms with Crippen LogP contribution < -0.4 is 4.74 Å². The Labute approximate surface area is 150 Å². The van der Waals surface area contributed by atoms with Crippen molar-refractivity contribution in [2.45, 2.75) is 38.6 Å². The van der Waals surface area contributed by atoms with Crippen LogP contribution >= 0.6 is 0 Å². The topological polar surface area (TPSA) is 36.3 Å². The summed E-state index contributed by atoms with van der Waals surface area (Å²) in [5, 5.41) is 9.94. The average Bonchev–Trinajstić information content (AvgIpc) is 2.71. The molecule has 0 bridgehead atoms. The molecule has 3 heteroatoms. The predicted molar refractivity (Wildman–Crippen MR) is 101 cm³/mol. The summed E-state index contributed by atoms with van der Waals surface area (Å²) in [6, 6.07) is 17.2. The Bertz CT molecular complexity index is 763. The van der Waals surface area contributed by atoms with Crippen LogP contribution in [-0.2, 0) is 12.8 Å². The molecule has 1 aliphatic heterocycles. The Hall–Kier alpha value is -2.31. The number of benzene rings is 2. The smallest absolute Gasteiger partial charge is 0.124 e. The summed E-state index contributed by atoms with van der Waals surface area (Å²) in [6.45, 7) is 4.08. The highest BCUT2D eigenvalue weighted by atomic mass is 16.5. The molecule has 25 heavy (non-hydrogen) atoms. The van der Waals surface area contributed by atoms with Crippen molar-refractivity contribution < 1.29 is 4.74 Å². The van der Waals surface area contributed by atoms with Crippen molar-refractivity contribution in [3.8, 4) is 11.8 Å². The van der Waals surface area contributed by atoms with Crippen LogP contribution in [0, 0.1) is 11.3 Å². The SMILES string of the molecule is CCCCN1CCc2ccccc2Cc2cc(OC)ccc2C1C#N. The number of rotatable bonds is 4. The predicted octanol–water partition coefficient (Wildman–Crippen LogP) is 4.51. The summed E-state index contributed by atoms with van der Waals surface area (Å²) in [5.74, 6) is 0.854. The highest BCUT2D eigenvalue weighted by Crippen LogP contribution is 2.31. The molecule has 3 nitrogen and oxygen atoms in total. The molecule has 0 amide bonds. The van der Waals surface area contributed by atoms with Gasteiger partial charge in [0.15, 0.2) is 0 Å². The van der Waals surface area contributed by atoms with Gasteiger partial charge in [-0.15, -0.1) is 0 Å². The number of methoxy groups -OCH3 is 1. The molecular formula is C22H26N2O. The summed E-state index contributed by atoms with van der Waals surface area (Å²) in [5.41, 5.74) is 5.06. The van der Waals surface area contributed by atoms with E-state index in [2.05, 4.69) is 54.3 Å². The highest BCUT2D eigenvalue weighted by molar-refractivity contribution is 5.44. The minimum atomic E-state index is -0.193. The van der Waals surface area contributed by atoms with Crippen LogP contribution in [0.5, 0.6) is 5.75 Å². The van der Waals surface area contributed by atoms with Gasteiger partial charge in [-0.1, -0.05) is 43.7 Å². The summed E-state index contributed by atoms with van der Waals surface area (Å²) >= 11 is 0. The first kappa shape index (κ1) is 17.5. The van der Waals surface area contributed by atoms with Crippen LogP contribution in [-0.4, -0.2) is 25.1 Å². The molecule has 0 radical (unpaired) electrons. The number of fused-ring (bicyclic) bond motifs is 2. The molecule has 2 aromatic carbocycles. The lowest BCUT2D eigenvalue weighted by molar-refractivity contribution is 0.235. The van der Waals surface area contributed by atoms with Gasteiger partial charge in [0.25, 0.3) is 0 Å². The molecule has 0 saturated carbocycles. The molecule has 0 spiro atoms. The van der Waals surface area contributed by atoms with E-state index in [1.54, 1.807) is 7.11 Å². The lowest BCUT2D eigenvalue weighted by atomic mass is 9.93. The van der Waals surface area contributed by atoms with Crippen molar-refractivity contribution >= 4 is 0 Å². The molecule has 1 heterocycles. The Balaban J connectivity index is 2.09.